The number of amides is 1. The second-order valence-electron chi connectivity index (χ2n) is 5.45. The van der Waals surface area contributed by atoms with Gasteiger partial charge in [0.15, 0.2) is 0 Å². The highest BCUT2D eigenvalue weighted by Gasteiger charge is 2.10. The third kappa shape index (κ3) is 4.52. The lowest BCUT2D eigenvalue weighted by molar-refractivity contribution is 0.102. The Hall–Kier alpha value is -3.05. The molecule has 3 rings (SSSR count). The van der Waals surface area contributed by atoms with E-state index < -0.39 is 0 Å². The van der Waals surface area contributed by atoms with E-state index >= 15 is 0 Å². The van der Waals surface area contributed by atoms with Gasteiger partial charge in [0, 0.05) is 17.6 Å². The van der Waals surface area contributed by atoms with Crippen molar-refractivity contribution in [1.29, 1.82) is 0 Å². The summed E-state index contributed by atoms with van der Waals surface area (Å²) in [5.41, 5.74) is 2.48. The number of halogens is 1. The zero-order valence-electron chi connectivity index (χ0n) is 14.2. The summed E-state index contributed by atoms with van der Waals surface area (Å²) in [4.78, 5) is 16.5. The van der Waals surface area contributed by atoms with Crippen LogP contribution in [0, 0.1) is 0 Å². The molecule has 1 amide bonds. The van der Waals surface area contributed by atoms with Crippen molar-refractivity contribution in [3.8, 4) is 5.75 Å². The Bertz CT molecular complexity index is 898. The highest BCUT2D eigenvalue weighted by atomic mass is 35.5. The van der Waals surface area contributed by atoms with Crippen LogP contribution in [0.25, 0.3) is 0 Å². The van der Waals surface area contributed by atoms with Gasteiger partial charge in [0.25, 0.3) is 5.91 Å². The summed E-state index contributed by atoms with van der Waals surface area (Å²) in [6, 6.07) is 18.1. The van der Waals surface area contributed by atoms with Crippen molar-refractivity contribution >= 4 is 34.6 Å². The number of hydrogen-bond donors (Lipinski definition) is 2. The fourth-order valence-electron chi connectivity index (χ4n) is 2.35. The van der Waals surface area contributed by atoms with Crippen molar-refractivity contribution in [1.82, 2.24) is 4.98 Å². The third-order valence-electron chi connectivity index (χ3n) is 3.57. The number of nitrogens with zero attached hydrogens (tertiary/aromatic N) is 1. The average Bonchev–Trinajstić information content (AvgIpc) is 2.66. The van der Waals surface area contributed by atoms with E-state index in [1.807, 2.05) is 31.2 Å². The highest BCUT2D eigenvalue weighted by Crippen LogP contribution is 2.23. The lowest BCUT2D eigenvalue weighted by atomic mass is 10.2. The van der Waals surface area contributed by atoms with E-state index in [4.69, 9.17) is 16.3 Å². The molecular weight excluding hydrogens is 350 g/mol. The maximum Gasteiger partial charge on any atom is 0.274 e. The largest absolute Gasteiger partial charge is 0.494 e. The minimum atomic E-state index is -0.326. The van der Waals surface area contributed by atoms with E-state index in [0.29, 0.717) is 23.0 Å². The summed E-state index contributed by atoms with van der Waals surface area (Å²) in [6.45, 7) is 2.57. The van der Waals surface area contributed by atoms with Crippen molar-refractivity contribution in [3.05, 3.63) is 77.6 Å². The zero-order valence-corrected chi connectivity index (χ0v) is 15.0. The van der Waals surface area contributed by atoms with Gasteiger partial charge < -0.3 is 15.4 Å². The first kappa shape index (κ1) is 17.8. The van der Waals surface area contributed by atoms with Crippen molar-refractivity contribution in [2.45, 2.75) is 6.92 Å². The molecule has 1 aromatic heterocycles. The maximum absolute atomic E-state index is 12.4. The quantitative estimate of drug-likeness (QED) is 0.634. The molecule has 2 N–H and O–H groups in total. The predicted octanol–water partition coefficient (Wildman–Crippen LogP) is 5.13. The van der Waals surface area contributed by atoms with Gasteiger partial charge in [0.05, 0.1) is 17.3 Å². The number of aromatic nitrogens is 1. The smallest absolute Gasteiger partial charge is 0.274 e. The molecule has 0 radical (unpaired) electrons. The van der Waals surface area contributed by atoms with Crippen LogP contribution in [-0.4, -0.2) is 17.5 Å². The van der Waals surface area contributed by atoms with Crippen LogP contribution in [0.2, 0.25) is 5.02 Å². The predicted molar refractivity (Wildman–Crippen MR) is 105 cm³/mol. The molecule has 0 aliphatic carbocycles. The molecule has 0 saturated heterocycles. The number of anilines is 3. The van der Waals surface area contributed by atoms with E-state index in [-0.39, 0.29) is 5.91 Å². The van der Waals surface area contributed by atoms with Gasteiger partial charge >= 0.3 is 0 Å². The van der Waals surface area contributed by atoms with Crippen molar-refractivity contribution in [2.24, 2.45) is 0 Å². The van der Waals surface area contributed by atoms with Crippen LogP contribution in [0.5, 0.6) is 5.75 Å². The fraction of sp³-hybridized carbons (Fsp3) is 0.100. The van der Waals surface area contributed by atoms with Gasteiger partial charge in [-0.1, -0.05) is 23.7 Å². The van der Waals surface area contributed by atoms with E-state index in [1.165, 1.54) is 0 Å². The molecule has 0 spiro atoms. The van der Waals surface area contributed by atoms with Crippen LogP contribution in [0.1, 0.15) is 17.4 Å². The number of nitrogens with one attached hydrogen (secondary N) is 2. The minimum absolute atomic E-state index is 0.292. The number of hydrogen-bond acceptors (Lipinski definition) is 4. The standard InChI is InChI=1S/C20H18ClN3O2/c1-2-26-16-9-7-14(8-10-16)23-15-11-12-22-19(13-15)20(25)24-18-6-4-3-5-17(18)21/h3-13H,2H2,1H3,(H,22,23)(H,24,25). The highest BCUT2D eigenvalue weighted by molar-refractivity contribution is 6.33. The van der Waals surface area contributed by atoms with E-state index in [1.54, 1.807) is 42.6 Å². The number of benzene rings is 2. The number of ether oxygens (including phenoxy) is 1. The molecule has 5 nitrogen and oxygen atoms in total. The minimum Gasteiger partial charge on any atom is -0.494 e. The monoisotopic (exact) mass is 367 g/mol. The molecule has 132 valence electrons. The number of carbonyl (C=O) groups is 1. The Labute approximate surface area is 157 Å². The normalized spacial score (nSPS) is 10.2. The maximum atomic E-state index is 12.4. The second-order valence-corrected chi connectivity index (χ2v) is 5.85. The molecule has 0 aliphatic heterocycles. The van der Waals surface area contributed by atoms with Gasteiger partial charge in [-0.25, -0.2) is 0 Å². The van der Waals surface area contributed by atoms with Gasteiger partial charge in [-0.05, 0) is 55.5 Å². The number of pyridine rings is 1. The van der Waals surface area contributed by atoms with Crippen LogP contribution in [0.15, 0.2) is 66.9 Å². The number of para-hydroxylation sites is 1. The molecule has 1 heterocycles. The Morgan fingerprint density at radius 3 is 2.58 bits per heavy atom. The fourth-order valence-corrected chi connectivity index (χ4v) is 2.53. The molecule has 0 aliphatic rings. The van der Waals surface area contributed by atoms with Gasteiger partial charge in [-0.2, -0.15) is 0 Å². The summed E-state index contributed by atoms with van der Waals surface area (Å²) < 4.78 is 5.43. The van der Waals surface area contributed by atoms with Crippen molar-refractivity contribution in [3.63, 3.8) is 0 Å². The molecule has 0 unspecified atom stereocenters. The Morgan fingerprint density at radius 1 is 1.08 bits per heavy atom. The first-order valence-electron chi connectivity index (χ1n) is 8.17. The van der Waals surface area contributed by atoms with Gasteiger partial charge in [0.1, 0.15) is 11.4 Å². The first-order chi connectivity index (χ1) is 12.7. The zero-order chi connectivity index (χ0) is 18.4. The van der Waals surface area contributed by atoms with Crippen LogP contribution >= 0.6 is 11.6 Å². The molecule has 3 aromatic rings. The number of rotatable bonds is 6. The Kier molecular flexibility index (Phi) is 5.71. The topological polar surface area (TPSA) is 63.2 Å². The van der Waals surface area contributed by atoms with Crippen LogP contribution in [0.4, 0.5) is 17.1 Å². The molecule has 0 saturated carbocycles. The summed E-state index contributed by atoms with van der Waals surface area (Å²) >= 11 is 6.07. The van der Waals surface area contributed by atoms with Crippen LogP contribution in [0.3, 0.4) is 0 Å². The molecule has 0 fully saturated rings. The van der Waals surface area contributed by atoms with Crippen LogP contribution < -0.4 is 15.4 Å². The molecule has 0 bridgehead atoms. The summed E-state index contributed by atoms with van der Waals surface area (Å²) in [6.07, 6.45) is 1.58. The average molecular weight is 368 g/mol. The Morgan fingerprint density at radius 2 is 1.85 bits per heavy atom. The molecule has 26 heavy (non-hydrogen) atoms. The molecule has 0 atom stereocenters. The van der Waals surface area contributed by atoms with Gasteiger partial charge in [-0.3, -0.25) is 9.78 Å². The molecule has 2 aromatic carbocycles. The van der Waals surface area contributed by atoms with Gasteiger partial charge in [0.2, 0.25) is 0 Å². The van der Waals surface area contributed by atoms with E-state index in [9.17, 15) is 4.79 Å². The summed E-state index contributed by atoms with van der Waals surface area (Å²) in [5, 5.41) is 6.48. The molecular formula is C20H18ClN3O2. The lowest BCUT2D eigenvalue weighted by Crippen LogP contribution is -2.14. The molecule has 6 heteroatoms. The second kappa shape index (κ2) is 8.36. The van der Waals surface area contributed by atoms with E-state index in [0.717, 1.165) is 17.1 Å². The number of carbonyl (C=O) groups excluding carboxylic acids is 1. The Balaban J connectivity index is 1.71. The van der Waals surface area contributed by atoms with Crippen LogP contribution in [-0.2, 0) is 0 Å². The van der Waals surface area contributed by atoms with Crippen molar-refractivity contribution < 1.29 is 9.53 Å². The van der Waals surface area contributed by atoms with E-state index in [2.05, 4.69) is 15.6 Å². The first-order valence-corrected chi connectivity index (χ1v) is 8.55. The third-order valence-corrected chi connectivity index (χ3v) is 3.90. The summed E-state index contributed by atoms with van der Waals surface area (Å²) in [7, 11) is 0. The summed E-state index contributed by atoms with van der Waals surface area (Å²) in [5.74, 6) is 0.487. The lowest BCUT2D eigenvalue weighted by Gasteiger charge is -2.10. The SMILES string of the molecule is CCOc1ccc(Nc2ccnc(C(=O)Nc3ccccc3Cl)c2)cc1. The van der Waals surface area contributed by atoms with Crippen molar-refractivity contribution in [2.75, 3.05) is 17.2 Å². The van der Waals surface area contributed by atoms with Gasteiger partial charge in [-0.15, -0.1) is 0 Å².